The van der Waals surface area contributed by atoms with Crippen LogP contribution >= 0.6 is 27.7 Å². The molecule has 0 radical (unpaired) electrons. The lowest BCUT2D eigenvalue weighted by Crippen LogP contribution is -2.34. The largest absolute Gasteiger partial charge is 0.342 e. The third-order valence-electron chi connectivity index (χ3n) is 4.02. The zero-order valence-corrected chi connectivity index (χ0v) is 14.9. The monoisotopic (exact) mass is 370 g/mol. The summed E-state index contributed by atoms with van der Waals surface area (Å²) in [6, 6.07) is 8.30. The summed E-state index contributed by atoms with van der Waals surface area (Å²) in [5, 5.41) is 0. The Bertz CT molecular complexity index is 480. The number of amides is 1. The lowest BCUT2D eigenvalue weighted by Gasteiger charge is -2.22. The molecule has 0 aliphatic carbocycles. The molecule has 1 amide bonds. The van der Waals surface area contributed by atoms with Gasteiger partial charge in [-0.15, -0.1) is 11.8 Å². The van der Waals surface area contributed by atoms with Crippen molar-refractivity contribution in [2.75, 3.05) is 25.4 Å². The third kappa shape index (κ3) is 5.01. The molecule has 0 aromatic heterocycles. The highest BCUT2D eigenvalue weighted by Gasteiger charge is 2.34. The number of benzene rings is 1. The summed E-state index contributed by atoms with van der Waals surface area (Å²) in [6.07, 6.45) is 2.60. The van der Waals surface area contributed by atoms with Crippen molar-refractivity contribution in [3.8, 4) is 0 Å². The van der Waals surface area contributed by atoms with Crippen LogP contribution in [0.4, 0.5) is 0 Å². The summed E-state index contributed by atoms with van der Waals surface area (Å²) in [6.45, 7) is 4.52. The number of hydrogen-bond acceptors (Lipinski definition) is 3. The number of hydrogen-bond donors (Lipinski definition) is 1. The molecule has 0 spiro atoms. The second kappa shape index (κ2) is 7.65. The van der Waals surface area contributed by atoms with E-state index >= 15 is 0 Å². The molecular formula is C16H23BrN2OS. The van der Waals surface area contributed by atoms with Crippen LogP contribution in [0.3, 0.4) is 0 Å². The summed E-state index contributed by atoms with van der Waals surface area (Å²) >= 11 is 5.24. The van der Waals surface area contributed by atoms with Crippen LogP contribution in [0.5, 0.6) is 0 Å². The lowest BCUT2D eigenvalue weighted by atomic mass is 9.90. The minimum absolute atomic E-state index is 0.127. The molecule has 2 rings (SSSR count). The fourth-order valence-corrected chi connectivity index (χ4v) is 3.62. The van der Waals surface area contributed by atoms with E-state index in [1.165, 1.54) is 4.90 Å². The molecule has 1 aromatic rings. The molecule has 2 N–H and O–H groups in total. The first-order valence-corrected chi connectivity index (χ1v) is 9.16. The molecule has 1 saturated heterocycles. The SMILES string of the molecule is CC1(CN)CCN(C(=O)CCCSc2ccc(Br)cc2)C1. The predicted octanol–water partition coefficient (Wildman–Crippen LogP) is 3.52. The van der Waals surface area contributed by atoms with Crippen molar-refractivity contribution in [2.24, 2.45) is 11.1 Å². The summed E-state index contributed by atoms with van der Waals surface area (Å²) in [5.74, 6) is 1.26. The molecule has 1 fully saturated rings. The van der Waals surface area contributed by atoms with E-state index in [4.69, 9.17) is 5.73 Å². The highest BCUT2D eigenvalue weighted by molar-refractivity contribution is 9.10. The molecule has 21 heavy (non-hydrogen) atoms. The van der Waals surface area contributed by atoms with Crippen LogP contribution in [0.2, 0.25) is 0 Å². The van der Waals surface area contributed by atoms with Gasteiger partial charge in [0.15, 0.2) is 0 Å². The number of nitrogens with two attached hydrogens (primary N) is 1. The standard InChI is InChI=1S/C16H23BrN2OS/c1-16(11-18)8-9-19(12-16)15(20)3-2-10-21-14-6-4-13(17)5-7-14/h4-7H,2-3,8-12,18H2,1H3. The molecule has 5 heteroatoms. The van der Waals surface area contributed by atoms with E-state index in [1.54, 1.807) is 11.8 Å². The van der Waals surface area contributed by atoms with E-state index in [-0.39, 0.29) is 11.3 Å². The Morgan fingerprint density at radius 3 is 2.76 bits per heavy atom. The number of likely N-dealkylation sites (tertiary alicyclic amines) is 1. The van der Waals surface area contributed by atoms with Gasteiger partial charge in [0.1, 0.15) is 0 Å². The van der Waals surface area contributed by atoms with Gasteiger partial charge in [0, 0.05) is 28.9 Å². The smallest absolute Gasteiger partial charge is 0.222 e. The number of carbonyl (C=O) groups excluding carboxylic acids is 1. The van der Waals surface area contributed by atoms with Gasteiger partial charge in [0.2, 0.25) is 5.91 Å². The van der Waals surface area contributed by atoms with Gasteiger partial charge in [0.25, 0.3) is 0 Å². The molecule has 3 nitrogen and oxygen atoms in total. The Kier molecular flexibility index (Phi) is 6.14. The van der Waals surface area contributed by atoms with E-state index in [0.29, 0.717) is 13.0 Å². The van der Waals surface area contributed by atoms with E-state index in [0.717, 1.165) is 36.2 Å². The number of thioether (sulfide) groups is 1. The van der Waals surface area contributed by atoms with Gasteiger partial charge in [-0.2, -0.15) is 0 Å². The predicted molar refractivity (Wildman–Crippen MR) is 92.5 cm³/mol. The third-order valence-corrected chi connectivity index (χ3v) is 5.65. The van der Waals surface area contributed by atoms with Crippen LogP contribution in [0.1, 0.15) is 26.2 Å². The first-order valence-electron chi connectivity index (χ1n) is 7.39. The van der Waals surface area contributed by atoms with Crippen LogP contribution in [-0.4, -0.2) is 36.2 Å². The molecule has 1 aliphatic rings. The van der Waals surface area contributed by atoms with Crippen LogP contribution < -0.4 is 5.73 Å². The number of carbonyl (C=O) groups is 1. The molecule has 1 atom stereocenters. The van der Waals surface area contributed by atoms with E-state index in [2.05, 4.69) is 35.0 Å². The summed E-state index contributed by atoms with van der Waals surface area (Å²) < 4.78 is 1.10. The Morgan fingerprint density at radius 1 is 1.43 bits per heavy atom. The summed E-state index contributed by atoms with van der Waals surface area (Å²) in [4.78, 5) is 15.4. The summed E-state index contributed by atoms with van der Waals surface area (Å²) in [7, 11) is 0. The molecular weight excluding hydrogens is 348 g/mol. The lowest BCUT2D eigenvalue weighted by molar-refractivity contribution is -0.130. The second-order valence-corrected chi connectivity index (χ2v) is 8.07. The Balaban J connectivity index is 1.67. The maximum absolute atomic E-state index is 12.2. The number of rotatable bonds is 6. The molecule has 1 aliphatic heterocycles. The van der Waals surface area contributed by atoms with Gasteiger partial charge < -0.3 is 10.6 Å². The molecule has 1 aromatic carbocycles. The first-order chi connectivity index (χ1) is 10.0. The average molecular weight is 371 g/mol. The Labute approximate surface area is 139 Å². The van der Waals surface area contributed by atoms with Crippen LogP contribution in [0, 0.1) is 5.41 Å². The fraction of sp³-hybridized carbons (Fsp3) is 0.562. The Hall–Kier alpha value is -0.520. The van der Waals surface area contributed by atoms with Crippen molar-refractivity contribution in [2.45, 2.75) is 31.1 Å². The first kappa shape index (κ1) is 16.8. The molecule has 116 valence electrons. The second-order valence-electron chi connectivity index (χ2n) is 5.99. The quantitative estimate of drug-likeness (QED) is 0.615. The van der Waals surface area contributed by atoms with Gasteiger partial charge in [-0.3, -0.25) is 4.79 Å². The van der Waals surface area contributed by atoms with Crippen molar-refractivity contribution < 1.29 is 4.79 Å². The Morgan fingerprint density at radius 2 is 2.14 bits per heavy atom. The highest BCUT2D eigenvalue weighted by Crippen LogP contribution is 2.29. The zero-order valence-electron chi connectivity index (χ0n) is 12.5. The number of nitrogens with zero attached hydrogens (tertiary/aromatic N) is 1. The maximum Gasteiger partial charge on any atom is 0.222 e. The fourth-order valence-electron chi connectivity index (χ4n) is 2.51. The maximum atomic E-state index is 12.2. The molecule has 0 saturated carbocycles. The normalized spacial score (nSPS) is 21.8. The molecule has 1 unspecified atom stereocenters. The number of halogens is 1. The van der Waals surface area contributed by atoms with Crippen molar-refractivity contribution >= 4 is 33.6 Å². The van der Waals surface area contributed by atoms with Crippen molar-refractivity contribution in [1.82, 2.24) is 4.90 Å². The van der Waals surface area contributed by atoms with Gasteiger partial charge in [0.05, 0.1) is 0 Å². The van der Waals surface area contributed by atoms with E-state index in [9.17, 15) is 4.79 Å². The summed E-state index contributed by atoms with van der Waals surface area (Å²) in [5.41, 5.74) is 5.91. The topological polar surface area (TPSA) is 46.3 Å². The molecule has 1 heterocycles. The van der Waals surface area contributed by atoms with E-state index in [1.807, 2.05) is 17.0 Å². The minimum Gasteiger partial charge on any atom is -0.342 e. The van der Waals surface area contributed by atoms with Crippen LogP contribution in [0.15, 0.2) is 33.6 Å². The van der Waals surface area contributed by atoms with Gasteiger partial charge in [-0.05, 0) is 54.8 Å². The van der Waals surface area contributed by atoms with Crippen LogP contribution in [-0.2, 0) is 4.79 Å². The zero-order chi connectivity index (χ0) is 15.3. The van der Waals surface area contributed by atoms with Gasteiger partial charge >= 0.3 is 0 Å². The van der Waals surface area contributed by atoms with E-state index < -0.39 is 0 Å². The van der Waals surface area contributed by atoms with Crippen molar-refractivity contribution in [1.29, 1.82) is 0 Å². The minimum atomic E-state index is 0.127. The van der Waals surface area contributed by atoms with Gasteiger partial charge in [-0.1, -0.05) is 22.9 Å². The van der Waals surface area contributed by atoms with Crippen molar-refractivity contribution in [3.63, 3.8) is 0 Å². The highest BCUT2D eigenvalue weighted by atomic mass is 79.9. The molecule has 0 bridgehead atoms. The van der Waals surface area contributed by atoms with Crippen LogP contribution in [0.25, 0.3) is 0 Å². The van der Waals surface area contributed by atoms with Gasteiger partial charge in [-0.25, -0.2) is 0 Å². The average Bonchev–Trinajstić information content (AvgIpc) is 2.89. The van der Waals surface area contributed by atoms with Crippen molar-refractivity contribution in [3.05, 3.63) is 28.7 Å².